The van der Waals surface area contributed by atoms with Crippen LogP contribution in [0, 0.1) is 5.92 Å². The molecule has 0 aromatic rings. The molecule has 6 heteroatoms. The SMILES string of the molecule is CC(N=NCC(C)C(=O)O)=NN. The van der Waals surface area contributed by atoms with Gasteiger partial charge in [-0.15, -0.1) is 5.11 Å². The van der Waals surface area contributed by atoms with Gasteiger partial charge in [-0.2, -0.15) is 10.2 Å². The van der Waals surface area contributed by atoms with Gasteiger partial charge in [0, 0.05) is 0 Å². The van der Waals surface area contributed by atoms with Gasteiger partial charge >= 0.3 is 5.97 Å². The molecular weight excluding hydrogens is 160 g/mol. The second-order valence-corrected chi connectivity index (χ2v) is 2.34. The van der Waals surface area contributed by atoms with Gasteiger partial charge in [0.05, 0.1) is 12.5 Å². The van der Waals surface area contributed by atoms with Crippen LogP contribution >= 0.6 is 0 Å². The molecule has 0 aliphatic heterocycles. The van der Waals surface area contributed by atoms with Gasteiger partial charge in [0.1, 0.15) is 0 Å². The largest absolute Gasteiger partial charge is 0.481 e. The molecule has 0 saturated heterocycles. The zero-order valence-electron chi connectivity index (χ0n) is 7.06. The number of carboxylic acids is 1. The average molecular weight is 172 g/mol. The van der Waals surface area contributed by atoms with Crippen molar-refractivity contribution in [2.24, 2.45) is 27.1 Å². The predicted molar refractivity (Wildman–Crippen MR) is 43.8 cm³/mol. The van der Waals surface area contributed by atoms with Gasteiger partial charge in [-0.05, 0) is 6.92 Å². The summed E-state index contributed by atoms with van der Waals surface area (Å²) < 4.78 is 0. The van der Waals surface area contributed by atoms with E-state index in [0.717, 1.165) is 0 Å². The molecule has 0 fully saturated rings. The lowest BCUT2D eigenvalue weighted by Gasteiger charge is -1.98. The van der Waals surface area contributed by atoms with Crippen molar-refractivity contribution in [1.29, 1.82) is 0 Å². The molecule has 1 unspecified atom stereocenters. The maximum absolute atomic E-state index is 10.3. The Morgan fingerprint density at radius 3 is 2.67 bits per heavy atom. The van der Waals surface area contributed by atoms with Gasteiger partial charge in [0.25, 0.3) is 0 Å². The molecule has 1 atom stereocenters. The Morgan fingerprint density at radius 2 is 2.25 bits per heavy atom. The number of nitrogens with zero attached hydrogens (tertiary/aromatic N) is 3. The van der Waals surface area contributed by atoms with E-state index in [1.54, 1.807) is 13.8 Å². The van der Waals surface area contributed by atoms with E-state index >= 15 is 0 Å². The number of carbonyl (C=O) groups is 1. The zero-order chi connectivity index (χ0) is 9.56. The van der Waals surface area contributed by atoms with Crippen molar-refractivity contribution < 1.29 is 9.90 Å². The molecule has 0 aliphatic carbocycles. The number of amidine groups is 1. The van der Waals surface area contributed by atoms with Gasteiger partial charge in [-0.1, -0.05) is 6.92 Å². The van der Waals surface area contributed by atoms with Crippen LogP contribution in [0.15, 0.2) is 15.3 Å². The number of hydrazone groups is 1. The molecule has 0 saturated carbocycles. The summed E-state index contributed by atoms with van der Waals surface area (Å²) in [5.74, 6) is 3.77. The monoisotopic (exact) mass is 172 g/mol. The van der Waals surface area contributed by atoms with E-state index in [1.165, 1.54) is 0 Å². The van der Waals surface area contributed by atoms with Crippen molar-refractivity contribution in [3.63, 3.8) is 0 Å². The molecule has 12 heavy (non-hydrogen) atoms. The highest BCUT2D eigenvalue weighted by Crippen LogP contribution is 1.95. The third-order valence-electron chi connectivity index (χ3n) is 1.18. The van der Waals surface area contributed by atoms with E-state index in [4.69, 9.17) is 10.9 Å². The Bertz CT molecular complexity index is 212. The second kappa shape index (κ2) is 5.22. The first-order valence-corrected chi connectivity index (χ1v) is 3.42. The average Bonchev–Trinajstić information content (AvgIpc) is 2.03. The van der Waals surface area contributed by atoms with Gasteiger partial charge in [0.2, 0.25) is 0 Å². The number of rotatable bonds is 3. The highest BCUT2D eigenvalue weighted by molar-refractivity contribution is 5.79. The number of aliphatic carboxylic acids is 1. The summed E-state index contributed by atoms with van der Waals surface area (Å²) in [5, 5.41) is 18.8. The molecule has 3 N–H and O–H groups in total. The van der Waals surface area contributed by atoms with Crippen LogP contribution in [0.5, 0.6) is 0 Å². The third-order valence-corrected chi connectivity index (χ3v) is 1.18. The Hall–Kier alpha value is -1.46. The molecule has 0 amide bonds. The summed E-state index contributed by atoms with van der Waals surface area (Å²) >= 11 is 0. The Labute approximate surface area is 70.2 Å². The van der Waals surface area contributed by atoms with Crippen LogP contribution in [-0.4, -0.2) is 23.5 Å². The lowest BCUT2D eigenvalue weighted by molar-refractivity contribution is -0.140. The molecule has 68 valence electrons. The molecular formula is C6H12N4O2. The van der Waals surface area contributed by atoms with Crippen LogP contribution < -0.4 is 5.84 Å². The maximum Gasteiger partial charge on any atom is 0.308 e. The minimum Gasteiger partial charge on any atom is -0.481 e. The molecule has 0 spiro atoms. The normalized spacial score (nSPS) is 15.0. The Morgan fingerprint density at radius 1 is 1.67 bits per heavy atom. The van der Waals surface area contributed by atoms with Crippen LogP contribution in [0.2, 0.25) is 0 Å². The van der Waals surface area contributed by atoms with Crippen LogP contribution in [0.4, 0.5) is 0 Å². The van der Waals surface area contributed by atoms with Crippen LogP contribution in [0.25, 0.3) is 0 Å². The minimum atomic E-state index is -0.892. The van der Waals surface area contributed by atoms with Crippen molar-refractivity contribution in [2.75, 3.05) is 6.54 Å². The molecule has 0 aliphatic rings. The number of azo groups is 1. The molecule has 0 aromatic heterocycles. The number of nitrogens with two attached hydrogens (primary N) is 1. The van der Waals surface area contributed by atoms with Gasteiger partial charge in [-0.25, -0.2) is 0 Å². The highest BCUT2D eigenvalue weighted by Gasteiger charge is 2.08. The fraction of sp³-hybridized carbons (Fsp3) is 0.667. The summed E-state index contributed by atoms with van der Waals surface area (Å²) in [7, 11) is 0. The van der Waals surface area contributed by atoms with E-state index in [-0.39, 0.29) is 6.54 Å². The lowest BCUT2D eigenvalue weighted by atomic mass is 10.2. The maximum atomic E-state index is 10.3. The second-order valence-electron chi connectivity index (χ2n) is 2.34. The van der Waals surface area contributed by atoms with Gasteiger partial charge < -0.3 is 10.9 Å². The molecule has 0 rings (SSSR count). The van der Waals surface area contributed by atoms with Crippen molar-refractivity contribution in [3.8, 4) is 0 Å². The van der Waals surface area contributed by atoms with Crippen molar-refractivity contribution in [1.82, 2.24) is 0 Å². The van der Waals surface area contributed by atoms with E-state index in [0.29, 0.717) is 5.84 Å². The summed E-state index contributed by atoms with van der Waals surface area (Å²) in [6.07, 6.45) is 0. The first-order valence-electron chi connectivity index (χ1n) is 3.42. The Balaban J connectivity index is 3.83. The first kappa shape index (κ1) is 10.5. The summed E-state index contributed by atoms with van der Waals surface area (Å²) in [4.78, 5) is 10.3. The van der Waals surface area contributed by atoms with E-state index in [2.05, 4.69) is 15.3 Å². The van der Waals surface area contributed by atoms with Crippen LogP contribution in [-0.2, 0) is 4.79 Å². The smallest absolute Gasteiger partial charge is 0.308 e. The minimum absolute atomic E-state index is 0.141. The molecule has 6 nitrogen and oxygen atoms in total. The number of carboxylic acid groups (broad SMARTS) is 1. The predicted octanol–water partition coefficient (Wildman–Crippen LogP) is 0.451. The first-order chi connectivity index (χ1) is 5.57. The van der Waals surface area contributed by atoms with Crippen LogP contribution in [0.1, 0.15) is 13.8 Å². The molecule has 0 heterocycles. The van der Waals surface area contributed by atoms with Gasteiger partial charge in [-0.3, -0.25) is 4.79 Å². The highest BCUT2D eigenvalue weighted by atomic mass is 16.4. The quantitative estimate of drug-likeness (QED) is 0.212. The molecule has 0 radical (unpaired) electrons. The van der Waals surface area contributed by atoms with Crippen molar-refractivity contribution >= 4 is 11.8 Å². The van der Waals surface area contributed by atoms with Gasteiger partial charge in [0.15, 0.2) is 5.84 Å². The van der Waals surface area contributed by atoms with Crippen molar-refractivity contribution in [3.05, 3.63) is 0 Å². The Kier molecular flexibility index (Phi) is 4.59. The van der Waals surface area contributed by atoms with E-state index in [1.807, 2.05) is 0 Å². The summed E-state index contributed by atoms with van der Waals surface area (Å²) in [6, 6.07) is 0. The van der Waals surface area contributed by atoms with E-state index < -0.39 is 11.9 Å². The fourth-order valence-corrected chi connectivity index (χ4v) is 0.370. The zero-order valence-corrected chi connectivity index (χ0v) is 7.06. The molecule has 0 aromatic carbocycles. The molecule has 0 bridgehead atoms. The topological polar surface area (TPSA) is 100 Å². The lowest BCUT2D eigenvalue weighted by Crippen LogP contribution is -2.12. The summed E-state index contributed by atoms with van der Waals surface area (Å²) in [5.41, 5.74) is 0. The van der Waals surface area contributed by atoms with E-state index in [9.17, 15) is 4.79 Å². The van der Waals surface area contributed by atoms with Crippen LogP contribution in [0.3, 0.4) is 0 Å². The number of hydrogen-bond acceptors (Lipinski definition) is 4. The van der Waals surface area contributed by atoms with Crippen molar-refractivity contribution in [2.45, 2.75) is 13.8 Å². The number of hydrogen-bond donors (Lipinski definition) is 2. The fourth-order valence-electron chi connectivity index (χ4n) is 0.370. The third kappa shape index (κ3) is 4.37. The summed E-state index contributed by atoms with van der Waals surface area (Å²) in [6.45, 7) is 3.27. The standard InChI is InChI=1S/C6H12N4O2/c1-4(6(11)12)3-8-10-5(2)9-7/h4H,3,7H2,1-2H3,(H,11,12).